The zero-order valence-electron chi connectivity index (χ0n) is 19.5. The summed E-state index contributed by atoms with van der Waals surface area (Å²) in [6.45, 7) is 10.1. The number of ether oxygens (including phenoxy) is 1. The molecule has 0 radical (unpaired) electrons. The summed E-state index contributed by atoms with van der Waals surface area (Å²) in [5, 5.41) is 0. The lowest BCUT2D eigenvalue weighted by Crippen LogP contribution is -2.39. The molecular formula is C24H33N3O4S. The van der Waals surface area contributed by atoms with E-state index in [9.17, 15) is 13.2 Å². The molecule has 1 saturated heterocycles. The lowest BCUT2D eigenvalue weighted by molar-refractivity contribution is 0.0581. The molecule has 174 valence electrons. The molecule has 1 aliphatic rings. The number of nitrogens with zero attached hydrogens (tertiary/aromatic N) is 3. The standard InChI is InChI=1S/C24H33N3O4S/c1-6-26(23(28)31-24(3,4)5)22-15-12-19(17-25-22)21-9-7-8-16-27(21)32(29,30)20-13-10-18(2)11-14-20/h10-15,17,21H,6-9,16H2,1-5H3/t21-/m0/s1. The summed E-state index contributed by atoms with van der Waals surface area (Å²) in [7, 11) is -3.62. The van der Waals surface area contributed by atoms with Gasteiger partial charge in [-0.3, -0.25) is 4.90 Å². The van der Waals surface area contributed by atoms with Crippen molar-refractivity contribution in [1.29, 1.82) is 0 Å². The van der Waals surface area contributed by atoms with Crippen molar-refractivity contribution in [3.8, 4) is 0 Å². The maximum atomic E-state index is 13.4. The molecule has 0 unspecified atom stereocenters. The van der Waals surface area contributed by atoms with E-state index < -0.39 is 21.7 Å². The minimum Gasteiger partial charge on any atom is -0.443 e. The second kappa shape index (κ2) is 9.58. The fraction of sp³-hybridized carbons (Fsp3) is 0.500. The molecule has 0 aliphatic carbocycles. The van der Waals surface area contributed by atoms with Gasteiger partial charge in [0.25, 0.3) is 0 Å². The van der Waals surface area contributed by atoms with Gasteiger partial charge >= 0.3 is 6.09 Å². The van der Waals surface area contributed by atoms with Crippen LogP contribution < -0.4 is 4.90 Å². The third-order valence-corrected chi connectivity index (χ3v) is 7.37. The van der Waals surface area contributed by atoms with E-state index in [1.54, 1.807) is 28.7 Å². The first-order chi connectivity index (χ1) is 15.0. The number of piperidine rings is 1. The number of carbonyl (C=O) groups is 1. The first-order valence-corrected chi connectivity index (χ1v) is 12.5. The van der Waals surface area contributed by atoms with Gasteiger partial charge in [0, 0.05) is 19.3 Å². The Bertz CT molecular complexity index is 1030. The number of aryl methyl sites for hydroxylation is 1. The van der Waals surface area contributed by atoms with Crippen LogP contribution >= 0.6 is 0 Å². The van der Waals surface area contributed by atoms with Crippen LogP contribution in [0, 0.1) is 6.92 Å². The predicted molar refractivity (Wildman–Crippen MR) is 125 cm³/mol. The summed E-state index contributed by atoms with van der Waals surface area (Å²) in [4.78, 5) is 18.8. The maximum absolute atomic E-state index is 13.4. The van der Waals surface area contributed by atoms with Crippen LogP contribution in [0.1, 0.15) is 64.1 Å². The summed E-state index contributed by atoms with van der Waals surface area (Å²) in [6.07, 6.45) is 3.73. The number of sulfonamides is 1. The average molecular weight is 460 g/mol. The number of aromatic nitrogens is 1. The van der Waals surface area contributed by atoms with Gasteiger partial charge in [-0.1, -0.05) is 30.2 Å². The van der Waals surface area contributed by atoms with Crippen LogP contribution in [0.5, 0.6) is 0 Å². The van der Waals surface area contributed by atoms with E-state index >= 15 is 0 Å². The second-order valence-electron chi connectivity index (χ2n) is 9.11. The molecule has 1 aliphatic heterocycles. The van der Waals surface area contributed by atoms with Gasteiger partial charge in [0.05, 0.1) is 10.9 Å². The van der Waals surface area contributed by atoms with Gasteiger partial charge in [-0.2, -0.15) is 4.31 Å². The molecule has 0 bridgehead atoms. The van der Waals surface area contributed by atoms with Crippen LogP contribution in [0.4, 0.5) is 10.6 Å². The number of carbonyl (C=O) groups excluding carboxylic acids is 1. The highest BCUT2D eigenvalue weighted by Crippen LogP contribution is 2.35. The van der Waals surface area contributed by atoms with Crippen LogP contribution in [0.3, 0.4) is 0 Å². The Balaban J connectivity index is 1.86. The van der Waals surface area contributed by atoms with Crippen molar-refractivity contribution >= 4 is 21.9 Å². The van der Waals surface area contributed by atoms with Crippen molar-refractivity contribution in [2.45, 2.75) is 70.4 Å². The summed E-state index contributed by atoms with van der Waals surface area (Å²) < 4.78 is 33.8. The molecule has 0 spiro atoms. The lowest BCUT2D eigenvalue weighted by Gasteiger charge is -2.35. The summed E-state index contributed by atoms with van der Waals surface area (Å²) in [5.74, 6) is 0.481. The van der Waals surface area contributed by atoms with Crippen LogP contribution in [0.15, 0.2) is 47.5 Å². The quantitative estimate of drug-likeness (QED) is 0.624. The Morgan fingerprint density at radius 2 is 1.84 bits per heavy atom. The van der Waals surface area contributed by atoms with Crippen LogP contribution in [-0.4, -0.2) is 42.5 Å². The SMILES string of the molecule is CCN(C(=O)OC(C)(C)C)c1ccc([C@@H]2CCCCN2S(=O)(=O)c2ccc(C)cc2)cn1. The fourth-order valence-electron chi connectivity index (χ4n) is 3.83. The average Bonchev–Trinajstić information content (AvgIpc) is 2.74. The molecule has 0 N–H and O–H groups in total. The molecule has 1 fully saturated rings. The molecule has 1 atom stereocenters. The van der Waals surface area contributed by atoms with Crippen LogP contribution in [0.25, 0.3) is 0 Å². The van der Waals surface area contributed by atoms with Gasteiger partial charge in [-0.25, -0.2) is 18.2 Å². The van der Waals surface area contributed by atoms with Gasteiger partial charge < -0.3 is 4.74 Å². The highest BCUT2D eigenvalue weighted by Gasteiger charge is 2.34. The van der Waals surface area contributed by atoms with Gasteiger partial charge in [0.2, 0.25) is 10.0 Å². The Morgan fingerprint density at radius 3 is 2.41 bits per heavy atom. The van der Waals surface area contributed by atoms with Gasteiger partial charge in [-0.15, -0.1) is 0 Å². The van der Waals surface area contributed by atoms with Crippen LogP contribution in [-0.2, 0) is 14.8 Å². The lowest BCUT2D eigenvalue weighted by atomic mass is 9.99. The molecule has 2 aromatic rings. The van der Waals surface area contributed by atoms with Crippen molar-refractivity contribution < 1.29 is 17.9 Å². The maximum Gasteiger partial charge on any atom is 0.415 e. The van der Waals surface area contributed by atoms with Gasteiger partial charge in [0.1, 0.15) is 11.4 Å². The third kappa shape index (κ3) is 5.48. The number of hydrogen-bond acceptors (Lipinski definition) is 5. The van der Waals surface area contributed by atoms with Crippen molar-refractivity contribution in [3.63, 3.8) is 0 Å². The highest BCUT2D eigenvalue weighted by atomic mass is 32.2. The van der Waals surface area contributed by atoms with Crippen molar-refractivity contribution in [1.82, 2.24) is 9.29 Å². The predicted octanol–water partition coefficient (Wildman–Crippen LogP) is 5.07. The van der Waals surface area contributed by atoms with Gasteiger partial charge in [0.15, 0.2) is 0 Å². The molecule has 3 rings (SSSR count). The molecule has 1 amide bonds. The fourth-order valence-corrected chi connectivity index (χ4v) is 5.51. The van der Waals surface area contributed by atoms with Crippen molar-refractivity contribution in [2.24, 2.45) is 0 Å². The van der Waals surface area contributed by atoms with Crippen molar-refractivity contribution in [3.05, 3.63) is 53.7 Å². The molecule has 0 saturated carbocycles. The number of anilines is 1. The highest BCUT2D eigenvalue weighted by molar-refractivity contribution is 7.89. The first-order valence-electron chi connectivity index (χ1n) is 11.1. The monoisotopic (exact) mass is 459 g/mol. The molecular weight excluding hydrogens is 426 g/mol. The molecule has 8 heteroatoms. The second-order valence-corrected chi connectivity index (χ2v) is 11.0. The number of pyridine rings is 1. The Labute approximate surface area is 191 Å². The van der Waals surface area contributed by atoms with E-state index in [1.165, 1.54) is 4.90 Å². The number of benzene rings is 1. The molecule has 1 aromatic carbocycles. The molecule has 32 heavy (non-hydrogen) atoms. The minimum atomic E-state index is -3.62. The molecule has 7 nitrogen and oxygen atoms in total. The Morgan fingerprint density at radius 1 is 1.16 bits per heavy atom. The van der Waals surface area contributed by atoms with E-state index in [0.717, 1.165) is 30.4 Å². The zero-order valence-corrected chi connectivity index (χ0v) is 20.4. The number of rotatable bonds is 5. The minimum absolute atomic E-state index is 0.284. The smallest absolute Gasteiger partial charge is 0.415 e. The molecule has 1 aromatic heterocycles. The summed E-state index contributed by atoms with van der Waals surface area (Å²) in [5.41, 5.74) is 1.24. The van der Waals surface area contributed by atoms with Gasteiger partial charge in [-0.05, 0) is 71.2 Å². The molecule has 2 heterocycles. The normalized spacial score (nSPS) is 17.7. The van der Waals surface area contributed by atoms with Crippen LogP contribution in [0.2, 0.25) is 0 Å². The topological polar surface area (TPSA) is 79.8 Å². The van der Waals surface area contributed by atoms with E-state index in [2.05, 4.69) is 4.98 Å². The Kier molecular flexibility index (Phi) is 7.25. The van der Waals surface area contributed by atoms with E-state index in [0.29, 0.717) is 23.8 Å². The summed E-state index contributed by atoms with van der Waals surface area (Å²) >= 11 is 0. The zero-order chi connectivity index (χ0) is 23.5. The van der Waals surface area contributed by atoms with E-state index in [1.807, 2.05) is 52.8 Å². The van der Waals surface area contributed by atoms with E-state index in [-0.39, 0.29) is 6.04 Å². The first kappa shape index (κ1) is 24.2. The number of hydrogen-bond donors (Lipinski definition) is 0. The largest absolute Gasteiger partial charge is 0.443 e. The number of amides is 1. The Hall–Kier alpha value is -2.45. The van der Waals surface area contributed by atoms with Crippen molar-refractivity contribution in [2.75, 3.05) is 18.0 Å². The summed E-state index contributed by atoms with van der Waals surface area (Å²) in [6, 6.07) is 10.3. The third-order valence-electron chi connectivity index (χ3n) is 5.44. The van der Waals surface area contributed by atoms with E-state index in [4.69, 9.17) is 4.74 Å².